The van der Waals surface area contributed by atoms with Gasteiger partial charge in [0.1, 0.15) is 0 Å². The van der Waals surface area contributed by atoms with Crippen LogP contribution >= 0.6 is 0 Å². The van der Waals surface area contributed by atoms with Gasteiger partial charge in [-0.3, -0.25) is 0 Å². The molecule has 2 aromatic rings. The third kappa shape index (κ3) is 3.03. The normalized spacial score (nSPS) is 19.1. The van der Waals surface area contributed by atoms with Gasteiger partial charge in [0, 0.05) is 24.3 Å². The number of rotatable bonds is 3. The zero-order chi connectivity index (χ0) is 12.9. The molecule has 2 N–H and O–H groups in total. The van der Waals surface area contributed by atoms with Crippen LogP contribution in [0.3, 0.4) is 0 Å². The molecule has 1 atom stereocenters. The Morgan fingerprint density at radius 1 is 1.21 bits per heavy atom. The van der Waals surface area contributed by atoms with Gasteiger partial charge in [0.05, 0.1) is 18.1 Å². The summed E-state index contributed by atoms with van der Waals surface area (Å²) in [6.45, 7) is 2.06. The fraction of sp³-hybridized carbons (Fsp3) is 0.385. The number of nitrogens with one attached hydrogen (secondary N) is 2. The third-order valence-corrected chi connectivity index (χ3v) is 3.17. The highest BCUT2D eigenvalue weighted by atomic mass is 15.1. The molecule has 2 aromatic heterocycles. The lowest BCUT2D eigenvalue weighted by molar-refractivity contribution is 0.478. The molecular weight excluding hydrogens is 240 g/mol. The van der Waals surface area contributed by atoms with Gasteiger partial charge < -0.3 is 10.6 Å². The van der Waals surface area contributed by atoms with Gasteiger partial charge in [-0.15, -0.1) is 0 Å². The van der Waals surface area contributed by atoms with Gasteiger partial charge in [-0.2, -0.15) is 10.2 Å². The molecule has 1 aliphatic rings. The number of anilines is 1. The Labute approximate surface area is 111 Å². The predicted molar refractivity (Wildman–Crippen MR) is 72.6 cm³/mol. The van der Waals surface area contributed by atoms with E-state index < -0.39 is 0 Å². The molecule has 98 valence electrons. The monoisotopic (exact) mass is 256 g/mol. The number of nitrogens with zero attached hydrogens (tertiary/aromatic N) is 4. The molecule has 1 saturated heterocycles. The van der Waals surface area contributed by atoms with Crippen LogP contribution in [0.25, 0.3) is 11.3 Å². The summed E-state index contributed by atoms with van der Waals surface area (Å²) >= 11 is 0. The lowest BCUT2D eigenvalue weighted by atomic mass is 10.1. The van der Waals surface area contributed by atoms with Crippen LogP contribution in [-0.2, 0) is 0 Å². The van der Waals surface area contributed by atoms with E-state index in [9.17, 15) is 0 Å². The first-order chi connectivity index (χ1) is 9.42. The second kappa shape index (κ2) is 5.71. The van der Waals surface area contributed by atoms with E-state index in [4.69, 9.17) is 0 Å². The van der Waals surface area contributed by atoms with Crippen LogP contribution < -0.4 is 10.6 Å². The van der Waals surface area contributed by atoms with Crippen molar-refractivity contribution < 1.29 is 0 Å². The summed E-state index contributed by atoms with van der Waals surface area (Å²) in [5.41, 5.74) is 1.80. The van der Waals surface area contributed by atoms with Crippen LogP contribution in [0.2, 0.25) is 0 Å². The van der Waals surface area contributed by atoms with Gasteiger partial charge in [0.25, 0.3) is 0 Å². The van der Waals surface area contributed by atoms with Crippen molar-refractivity contribution >= 4 is 5.95 Å². The summed E-state index contributed by atoms with van der Waals surface area (Å²) in [5.74, 6) is 0.669. The van der Waals surface area contributed by atoms with E-state index in [0.717, 1.165) is 30.8 Å². The average molecular weight is 256 g/mol. The van der Waals surface area contributed by atoms with Crippen LogP contribution in [0.1, 0.15) is 12.8 Å². The van der Waals surface area contributed by atoms with Crippen molar-refractivity contribution in [3.63, 3.8) is 0 Å². The summed E-state index contributed by atoms with van der Waals surface area (Å²) in [7, 11) is 0. The molecule has 0 saturated carbocycles. The van der Waals surface area contributed by atoms with E-state index in [1.54, 1.807) is 18.6 Å². The van der Waals surface area contributed by atoms with E-state index in [1.807, 2.05) is 12.1 Å². The Balaban J connectivity index is 1.76. The standard InChI is InChI=1S/C13H16N6/c1-2-11(9-14-5-1)18-13-15-6-4-12(19-13)10-3-7-16-17-8-10/h3-4,6-8,11,14H,1-2,5,9H2,(H,15,18,19)/t11-/m0/s1. The van der Waals surface area contributed by atoms with Crippen LogP contribution in [-0.4, -0.2) is 39.3 Å². The van der Waals surface area contributed by atoms with Gasteiger partial charge in [-0.1, -0.05) is 0 Å². The molecule has 3 heterocycles. The summed E-state index contributed by atoms with van der Waals surface area (Å²) in [6, 6.07) is 4.17. The molecule has 0 unspecified atom stereocenters. The van der Waals surface area contributed by atoms with Crippen LogP contribution in [0.5, 0.6) is 0 Å². The highest BCUT2D eigenvalue weighted by Gasteiger charge is 2.13. The molecule has 0 radical (unpaired) electrons. The summed E-state index contributed by atoms with van der Waals surface area (Å²) in [6.07, 6.45) is 7.47. The van der Waals surface area contributed by atoms with E-state index in [0.29, 0.717) is 12.0 Å². The van der Waals surface area contributed by atoms with Crippen molar-refractivity contribution in [2.24, 2.45) is 0 Å². The first-order valence-corrected chi connectivity index (χ1v) is 6.49. The Morgan fingerprint density at radius 2 is 2.21 bits per heavy atom. The fourth-order valence-electron chi connectivity index (χ4n) is 2.19. The average Bonchev–Trinajstić information content (AvgIpc) is 2.49. The van der Waals surface area contributed by atoms with Gasteiger partial charge in [0.2, 0.25) is 5.95 Å². The van der Waals surface area contributed by atoms with Crippen molar-refractivity contribution in [3.05, 3.63) is 30.7 Å². The zero-order valence-corrected chi connectivity index (χ0v) is 10.6. The molecule has 0 amide bonds. The van der Waals surface area contributed by atoms with Crippen molar-refractivity contribution in [1.29, 1.82) is 0 Å². The molecular formula is C13H16N6. The van der Waals surface area contributed by atoms with E-state index in [-0.39, 0.29) is 0 Å². The Morgan fingerprint density at radius 3 is 3.00 bits per heavy atom. The van der Waals surface area contributed by atoms with Gasteiger partial charge in [-0.05, 0) is 31.5 Å². The lowest BCUT2D eigenvalue weighted by Crippen LogP contribution is -2.38. The maximum Gasteiger partial charge on any atom is 0.223 e. The smallest absolute Gasteiger partial charge is 0.223 e. The van der Waals surface area contributed by atoms with Gasteiger partial charge in [-0.25, -0.2) is 9.97 Å². The summed E-state index contributed by atoms with van der Waals surface area (Å²) in [5, 5.41) is 14.4. The molecule has 3 rings (SSSR count). The van der Waals surface area contributed by atoms with Crippen molar-refractivity contribution in [2.45, 2.75) is 18.9 Å². The topological polar surface area (TPSA) is 75.6 Å². The van der Waals surface area contributed by atoms with E-state index >= 15 is 0 Å². The van der Waals surface area contributed by atoms with Crippen molar-refractivity contribution in [3.8, 4) is 11.3 Å². The summed E-state index contributed by atoms with van der Waals surface area (Å²) < 4.78 is 0. The van der Waals surface area contributed by atoms with Gasteiger partial charge >= 0.3 is 0 Å². The maximum absolute atomic E-state index is 4.52. The number of hydrogen-bond acceptors (Lipinski definition) is 6. The molecule has 0 aliphatic carbocycles. The van der Waals surface area contributed by atoms with Crippen molar-refractivity contribution in [2.75, 3.05) is 18.4 Å². The minimum absolute atomic E-state index is 0.402. The fourth-order valence-corrected chi connectivity index (χ4v) is 2.19. The molecule has 0 spiro atoms. The summed E-state index contributed by atoms with van der Waals surface area (Å²) in [4.78, 5) is 8.79. The highest BCUT2D eigenvalue weighted by Crippen LogP contribution is 2.16. The van der Waals surface area contributed by atoms with E-state index in [2.05, 4.69) is 30.8 Å². The minimum Gasteiger partial charge on any atom is -0.350 e. The molecule has 1 aliphatic heterocycles. The second-order valence-corrected chi connectivity index (χ2v) is 4.58. The first kappa shape index (κ1) is 12.0. The van der Waals surface area contributed by atoms with Gasteiger partial charge in [0.15, 0.2) is 0 Å². The molecule has 6 heteroatoms. The second-order valence-electron chi connectivity index (χ2n) is 4.58. The molecule has 0 aromatic carbocycles. The maximum atomic E-state index is 4.52. The quantitative estimate of drug-likeness (QED) is 0.856. The Kier molecular flexibility index (Phi) is 3.60. The van der Waals surface area contributed by atoms with Crippen LogP contribution in [0.15, 0.2) is 30.7 Å². The molecule has 19 heavy (non-hydrogen) atoms. The molecule has 6 nitrogen and oxygen atoms in total. The Hall–Kier alpha value is -2.08. The SMILES string of the molecule is c1cc(-c2ccnc(N[C@H]3CCCNC3)n2)cnn1. The largest absolute Gasteiger partial charge is 0.350 e. The van der Waals surface area contributed by atoms with Crippen molar-refractivity contribution in [1.82, 2.24) is 25.5 Å². The van der Waals surface area contributed by atoms with E-state index in [1.165, 1.54) is 6.42 Å². The predicted octanol–water partition coefficient (Wildman–Crippen LogP) is 1.10. The van der Waals surface area contributed by atoms with Crippen LogP contribution in [0, 0.1) is 0 Å². The number of piperidine rings is 1. The Bertz CT molecular complexity index is 524. The number of aromatic nitrogens is 4. The van der Waals surface area contributed by atoms with Crippen LogP contribution in [0.4, 0.5) is 5.95 Å². The minimum atomic E-state index is 0.402. The third-order valence-electron chi connectivity index (χ3n) is 3.17. The zero-order valence-electron chi connectivity index (χ0n) is 10.6. The highest BCUT2D eigenvalue weighted by molar-refractivity contribution is 5.58. The molecule has 0 bridgehead atoms. The lowest BCUT2D eigenvalue weighted by Gasteiger charge is -2.23. The molecule has 1 fully saturated rings. The first-order valence-electron chi connectivity index (χ1n) is 6.49. The number of hydrogen-bond donors (Lipinski definition) is 2.